The number of rotatable bonds is 6. The highest BCUT2D eigenvalue weighted by atomic mass is 32.2. The van der Waals surface area contributed by atoms with Crippen LogP contribution in [0.25, 0.3) is 0 Å². The first kappa shape index (κ1) is 16.8. The van der Waals surface area contributed by atoms with Crippen LogP contribution in [0.1, 0.15) is 19.4 Å². The second kappa shape index (κ2) is 7.63. The minimum Gasteiger partial charge on any atom is -0.311 e. The van der Waals surface area contributed by atoms with Crippen molar-refractivity contribution in [1.29, 1.82) is 0 Å². The van der Waals surface area contributed by atoms with E-state index in [0.29, 0.717) is 0 Å². The summed E-state index contributed by atoms with van der Waals surface area (Å²) in [6, 6.07) is 8.85. The largest absolute Gasteiger partial charge is 0.311 e. The Kier molecular flexibility index (Phi) is 6.11. The second-order valence-corrected chi connectivity index (χ2v) is 7.43. The molecule has 0 radical (unpaired) electrons. The van der Waals surface area contributed by atoms with Crippen LogP contribution in [0.5, 0.6) is 0 Å². The van der Waals surface area contributed by atoms with E-state index < -0.39 is 0 Å². The fraction of sp³-hybridized carbons (Fsp3) is 0.647. The Bertz CT molecular complexity index is 422. The molecule has 1 fully saturated rings. The molecule has 0 amide bonds. The van der Waals surface area contributed by atoms with Crippen molar-refractivity contribution < 1.29 is 0 Å². The Morgan fingerprint density at radius 1 is 1.10 bits per heavy atom. The maximum Gasteiger partial charge on any atom is 0.0278 e. The van der Waals surface area contributed by atoms with Gasteiger partial charge >= 0.3 is 0 Å². The number of hydrogen-bond donors (Lipinski definition) is 1. The van der Waals surface area contributed by atoms with Gasteiger partial charge in [-0.15, -0.1) is 11.8 Å². The number of benzene rings is 1. The first-order chi connectivity index (χ1) is 10.0. The lowest BCUT2D eigenvalue weighted by Crippen LogP contribution is -2.57. The summed E-state index contributed by atoms with van der Waals surface area (Å²) in [4.78, 5) is 6.35. The highest BCUT2D eigenvalue weighted by Gasteiger charge is 2.28. The average molecular weight is 308 g/mol. The van der Waals surface area contributed by atoms with Gasteiger partial charge in [-0.1, -0.05) is 12.1 Å². The van der Waals surface area contributed by atoms with Crippen LogP contribution in [-0.2, 0) is 6.54 Å². The molecule has 118 valence electrons. The van der Waals surface area contributed by atoms with Gasteiger partial charge in [-0.3, -0.25) is 4.90 Å². The van der Waals surface area contributed by atoms with E-state index in [9.17, 15) is 0 Å². The molecule has 0 spiro atoms. The SMILES string of the molecule is CSc1ccc(CNCC(C)(C)N2CCN(C)CC2)cc1. The predicted octanol–water partition coefficient (Wildman–Crippen LogP) is 2.52. The Morgan fingerprint density at radius 3 is 2.29 bits per heavy atom. The van der Waals surface area contributed by atoms with Gasteiger partial charge in [0, 0.05) is 49.7 Å². The molecule has 4 heteroatoms. The van der Waals surface area contributed by atoms with Gasteiger partial charge in [0.1, 0.15) is 0 Å². The first-order valence-electron chi connectivity index (χ1n) is 7.78. The fourth-order valence-electron chi connectivity index (χ4n) is 2.78. The summed E-state index contributed by atoms with van der Waals surface area (Å²) in [5.41, 5.74) is 1.59. The Balaban J connectivity index is 1.78. The first-order valence-corrected chi connectivity index (χ1v) is 9.01. The number of likely N-dealkylation sites (N-methyl/N-ethyl adjacent to an activating group) is 1. The van der Waals surface area contributed by atoms with E-state index in [-0.39, 0.29) is 5.54 Å². The lowest BCUT2D eigenvalue weighted by atomic mass is 10.0. The minimum atomic E-state index is 0.223. The van der Waals surface area contributed by atoms with Crippen LogP contribution in [0.3, 0.4) is 0 Å². The molecule has 21 heavy (non-hydrogen) atoms. The molecular formula is C17H29N3S. The average Bonchev–Trinajstić information content (AvgIpc) is 2.48. The van der Waals surface area contributed by atoms with E-state index >= 15 is 0 Å². The fourth-order valence-corrected chi connectivity index (χ4v) is 3.19. The third kappa shape index (κ3) is 4.99. The summed E-state index contributed by atoms with van der Waals surface area (Å²) in [6.45, 7) is 11.4. The van der Waals surface area contributed by atoms with E-state index in [2.05, 4.69) is 66.5 Å². The smallest absolute Gasteiger partial charge is 0.0278 e. The molecule has 1 aliphatic rings. The van der Waals surface area contributed by atoms with Gasteiger partial charge < -0.3 is 10.2 Å². The van der Waals surface area contributed by atoms with Crippen molar-refractivity contribution in [2.24, 2.45) is 0 Å². The summed E-state index contributed by atoms with van der Waals surface area (Å²) in [5, 5.41) is 3.63. The van der Waals surface area contributed by atoms with Crippen LogP contribution in [0, 0.1) is 0 Å². The van der Waals surface area contributed by atoms with Gasteiger partial charge in [0.15, 0.2) is 0 Å². The Hall–Kier alpha value is -0.550. The number of nitrogens with zero attached hydrogens (tertiary/aromatic N) is 2. The van der Waals surface area contributed by atoms with Crippen LogP contribution in [-0.4, -0.2) is 61.4 Å². The molecule has 0 saturated carbocycles. The monoisotopic (exact) mass is 307 g/mol. The van der Waals surface area contributed by atoms with Crippen LogP contribution in [0.2, 0.25) is 0 Å². The Morgan fingerprint density at radius 2 is 1.71 bits per heavy atom. The van der Waals surface area contributed by atoms with Crippen molar-refractivity contribution in [2.45, 2.75) is 30.8 Å². The van der Waals surface area contributed by atoms with E-state index in [0.717, 1.165) is 13.1 Å². The molecule has 1 N–H and O–H groups in total. The molecule has 0 bridgehead atoms. The summed E-state index contributed by atoms with van der Waals surface area (Å²) >= 11 is 1.79. The minimum absolute atomic E-state index is 0.223. The highest BCUT2D eigenvalue weighted by molar-refractivity contribution is 7.98. The van der Waals surface area contributed by atoms with Crippen molar-refractivity contribution in [2.75, 3.05) is 46.0 Å². The molecule has 1 saturated heterocycles. The zero-order valence-electron chi connectivity index (χ0n) is 13.9. The molecule has 3 nitrogen and oxygen atoms in total. The van der Waals surface area contributed by atoms with Gasteiger partial charge in [0.05, 0.1) is 0 Å². The van der Waals surface area contributed by atoms with Crippen LogP contribution < -0.4 is 5.32 Å². The number of thioether (sulfide) groups is 1. The quantitative estimate of drug-likeness (QED) is 0.814. The van der Waals surface area contributed by atoms with Gasteiger partial charge in [-0.2, -0.15) is 0 Å². The Labute approximate surface area is 134 Å². The van der Waals surface area contributed by atoms with E-state index in [1.165, 1.54) is 36.6 Å². The molecule has 2 rings (SSSR count). The van der Waals surface area contributed by atoms with Gasteiger partial charge in [-0.25, -0.2) is 0 Å². The van der Waals surface area contributed by atoms with E-state index in [4.69, 9.17) is 0 Å². The zero-order chi connectivity index (χ0) is 15.3. The third-order valence-electron chi connectivity index (χ3n) is 4.41. The number of hydrogen-bond acceptors (Lipinski definition) is 4. The summed E-state index contributed by atoms with van der Waals surface area (Å²) in [7, 11) is 2.21. The molecule has 0 unspecified atom stereocenters. The van der Waals surface area contributed by atoms with Crippen molar-refractivity contribution in [3.63, 3.8) is 0 Å². The van der Waals surface area contributed by atoms with Crippen LogP contribution in [0.4, 0.5) is 0 Å². The lowest BCUT2D eigenvalue weighted by Gasteiger charge is -2.43. The van der Waals surface area contributed by atoms with Crippen LogP contribution >= 0.6 is 11.8 Å². The van der Waals surface area contributed by atoms with Crippen LogP contribution in [0.15, 0.2) is 29.2 Å². The number of nitrogens with one attached hydrogen (secondary N) is 1. The van der Waals surface area contributed by atoms with Crippen molar-refractivity contribution in [3.8, 4) is 0 Å². The summed E-state index contributed by atoms with van der Waals surface area (Å²) in [5.74, 6) is 0. The van der Waals surface area contributed by atoms with Crippen molar-refractivity contribution in [1.82, 2.24) is 15.1 Å². The normalized spacial score (nSPS) is 18.1. The summed E-state index contributed by atoms with van der Waals surface area (Å²) in [6.07, 6.45) is 2.12. The van der Waals surface area contributed by atoms with Crippen molar-refractivity contribution in [3.05, 3.63) is 29.8 Å². The van der Waals surface area contributed by atoms with E-state index in [1.807, 2.05) is 0 Å². The van der Waals surface area contributed by atoms with Crippen molar-refractivity contribution >= 4 is 11.8 Å². The number of piperazine rings is 1. The molecule has 0 atom stereocenters. The molecule has 1 heterocycles. The topological polar surface area (TPSA) is 18.5 Å². The molecule has 0 aromatic heterocycles. The van der Waals surface area contributed by atoms with E-state index in [1.54, 1.807) is 11.8 Å². The lowest BCUT2D eigenvalue weighted by molar-refractivity contribution is 0.0618. The molecular weight excluding hydrogens is 278 g/mol. The zero-order valence-corrected chi connectivity index (χ0v) is 14.7. The maximum absolute atomic E-state index is 3.63. The summed E-state index contributed by atoms with van der Waals surface area (Å²) < 4.78 is 0. The highest BCUT2D eigenvalue weighted by Crippen LogP contribution is 2.17. The predicted molar refractivity (Wildman–Crippen MR) is 93.1 cm³/mol. The van der Waals surface area contributed by atoms with Gasteiger partial charge in [0.25, 0.3) is 0 Å². The standard InChI is InChI=1S/C17H29N3S/c1-17(2,20-11-9-19(3)10-12-20)14-18-13-15-5-7-16(21-4)8-6-15/h5-8,18H,9-14H2,1-4H3. The molecule has 1 aromatic rings. The third-order valence-corrected chi connectivity index (χ3v) is 5.15. The maximum atomic E-state index is 3.63. The second-order valence-electron chi connectivity index (χ2n) is 6.55. The molecule has 0 aliphatic carbocycles. The molecule has 1 aromatic carbocycles. The molecule has 1 aliphatic heterocycles. The van der Waals surface area contributed by atoms with Gasteiger partial charge in [0.2, 0.25) is 0 Å². The van der Waals surface area contributed by atoms with Gasteiger partial charge in [-0.05, 0) is 44.8 Å².